The van der Waals surface area contributed by atoms with Crippen molar-refractivity contribution < 1.29 is 4.74 Å². The van der Waals surface area contributed by atoms with E-state index in [0.717, 1.165) is 47.1 Å². The molecule has 0 N–H and O–H groups in total. The van der Waals surface area contributed by atoms with E-state index in [4.69, 9.17) is 9.84 Å². The van der Waals surface area contributed by atoms with E-state index in [9.17, 15) is 0 Å². The number of methoxy groups -OCH3 is 1. The predicted molar refractivity (Wildman–Crippen MR) is 101 cm³/mol. The number of hydrogen-bond acceptors (Lipinski definition) is 4. The number of hydrogen-bond donors (Lipinski definition) is 0. The van der Waals surface area contributed by atoms with Crippen molar-refractivity contribution in [1.82, 2.24) is 4.68 Å². The predicted octanol–water partition coefficient (Wildman–Crippen LogP) is 4.56. The Morgan fingerprint density at radius 3 is 2.75 bits per heavy atom. The molecule has 1 heterocycles. The van der Waals surface area contributed by atoms with Crippen LogP contribution in [-0.2, 0) is 0 Å². The molecule has 0 aliphatic heterocycles. The average molecular weight is 343 g/mol. The monoisotopic (exact) mass is 343 g/mol. The van der Waals surface area contributed by atoms with Crippen molar-refractivity contribution in [2.75, 3.05) is 13.7 Å². The normalized spacial score (nSPS) is 20.5. The van der Waals surface area contributed by atoms with Gasteiger partial charge in [0.15, 0.2) is 0 Å². The first-order valence-electron chi connectivity index (χ1n) is 8.63. The molecule has 1 aliphatic carbocycles. The minimum atomic E-state index is 0.729. The van der Waals surface area contributed by atoms with Crippen LogP contribution in [0.1, 0.15) is 39.5 Å². The second kappa shape index (κ2) is 7.79. The van der Waals surface area contributed by atoms with Gasteiger partial charge < -0.3 is 4.74 Å². The van der Waals surface area contributed by atoms with Crippen molar-refractivity contribution in [1.29, 1.82) is 0 Å². The largest absolute Gasteiger partial charge is 0.497 e. The first-order chi connectivity index (χ1) is 11.7. The first kappa shape index (κ1) is 17.0. The minimum absolute atomic E-state index is 0.729. The third-order valence-electron chi connectivity index (χ3n) is 4.35. The van der Waals surface area contributed by atoms with Crippen LogP contribution in [0.4, 0.5) is 0 Å². The Hall–Kier alpha value is -1.88. The number of rotatable bonds is 4. The van der Waals surface area contributed by atoms with Crippen LogP contribution in [0.3, 0.4) is 0 Å². The Bertz CT molecular complexity index is 771. The van der Waals surface area contributed by atoms with Crippen LogP contribution in [0.5, 0.6) is 5.75 Å². The summed E-state index contributed by atoms with van der Waals surface area (Å²) < 4.78 is 7.29. The molecule has 2 aromatic rings. The van der Waals surface area contributed by atoms with E-state index in [-0.39, 0.29) is 0 Å². The molecule has 1 aromatic carbocycles. The Kier molecular flexibility index (Phi) is 5.51. The summed E-state index contributed by atoms with van der Waals surface area (Å²) in [5.74, 6) is 1.60. The summed E-state index contributed by atoms with van der Waals surface area (Å²) in [6, 6.07) is 8.14. The number of ether oxygens (including phenoxy) is 1. The highest BCUT2D eigenvalue weighted by atomic mass is 32.1. The molecule has 0 amide bonds. The van der Waals surface area contributed by atoms with E-state index in [1.54, 1.807) is 18.4 Å². The third kappa shape index (κ3) is 3.78. The van der Waals surface area contributed by atoms with Gasteiger partial charge in [0.1, 0.15) is 5.75 Å². The Balaban J connectivity index is 2.03. The lowest BCUT2D eigenvalue weighted by Gasteiger charge is -2.19. The van der Waals surface area contributed by atoms with Crippen LogP contribution in [0.2, 0.25) is 0 Å². The summed E-state index contributed by atoms with van der Waals surface area (Å²) in [5, 5.41) is 7.13. The third-order valence-corrected chi connectivity index (χ3v) is 5.21. The fourth-order valence-electron chi connectivity index (χ4n) is 3.09. The van der Waals surface area contributed by atoms with Crippen molar-refractivity contribution >= 4 is 17.0 Å². The van der Waals surface area contributed by atoms with Gasteiger partial charge in [-0.3, -0.25) is 4.99 Å². The maximum absolute atomic E-state index is 5.26. The molecule has 1 aromatic heterocycles. The van der Waals surface area contributed by atoms with E-state index < -0.39 is 0 Å². The maximum Gasteiger partial charge on any atom is 0.206 e. The molecule has 1 saturated carbocycles. The van der Waals surface area contributed by atoms with Crippen molar-refractivity contribution in [3.05, 3.63) is 34.4 Å². The zero-order valence-corrected chi connectivity index (χ0v) is 15.5. The summed E-state index contributed by atoms with van der Waals surface area (Å²) >= 11 is 1.65. The summed E-state index contributed by atoms with van der Waals surface area (Å²) in [6.45, 7) is 5.14. The van der Waals surface area contributed by atoms with Gasteiger partial charge in [-0.1, -0.05) is 6.92 Å². The van der Waals surface area contributed by atoms with Gasteiger partial charge in [-0.05, 0) is 62.8 Å². The van der Waals surface area contributed by atoms with Crippen molar-refractivity contribution in [3.63, 3.8) is 0 Å². The van der Waals surface area contributed by atoms with Gasteiger partial charge in [-0.25, -0.2) is 4.68 Å². The average Bonchev–Trinajstić information content (AvgIpc) is 2.98. The zero-order valence-electron chi connectivity index (χ0n) is 14.7. The molecule has 1 fully saturated rings. The van der Waals surface area contributed by atoms with Gasteiger partial charge in [-0.2, -0.15) is 5.10 Å². The number of aromatic nitrogens is 1. The van der Waals surface area contributed by atoms with E-state index in [2.05, 4.69) is 36.4 Å². The van der Waals surface area contributed by atoms with E-state index in [0.29, 0.717) is 0 Å². The zero-order chi connectivity index (χ0) is 16.9. The van der Waals surface area contributed by atoms with E-state index in [1.165, 1.54) is 18.6 Å². The minimum Gasteiger partial charge on any atom is -0.497 e. The molecule has 128 valence electrons. The fourth-order valence-corrected chi connectivity index (χ4v) is 3.99. The Morgan fingerprint density at radius 1 is 1.29 bits per heavy atom. The Morgan fingerprint density at radius 2 is 2.08 bits per heavy atom. The first-order valence-corrected chi connectivity index (χ1v) is 9.51. The van der Waals surface area contributed by atoms with Gasteiger partial charge in [-0.15, -0.1) is 11.3 Å². The molecular formula is C19H25N3OS. The highest BCUT2D eigenvalue weighted by Crippen LogP contribution is 2.25. The fraction of sp³-hybridized carbons (Fsp3) is 0.474. The lowest BCUT2D eigenvalue weighted by atomic mass is 9.89. The number of nitrogens with zero attached hydrogens (tertiary/aromatic N) is 3. The smallest absolute Gasteiger partial charge is 0.206 e. The van der Waals surface area contributed by atoms with Gasteiger partial charge in [0.25, 0.3) is 0 Å². The van der Waals surface area contributed by atoms with Gasteiger partial charge >= 0.3 is 0 Å². The Labute approximate surface area is 147 Å². The molecule has 4 nitrogen and oxygen atoms in total. The molecule has 0 spiro atoms. The highest BCUT2D eigenvalue weighted by molar-refractivity contribution is 7.07. The molecule has 0 saturated heterocycles. The van der Waals surface area contributed by atoms with Crippen molar-refractivity contribution in [3.8, 4) is 17.0 Å². The van der Waals surface area contributed by atoms with E-state index in [1.807, 2.05) is 16.8 Å². The van der Waals surface area contributed by atoms with Crippen LogP contribution in [0.15, 0.2) is 39.7 Å². The molecule has 1 aliphatic rings. The van der Waals surface area contributed by atoms with Crippen LogP contribution >= 0.6 is 11.3 Å². The topological polar surface area (TPSA) is 38.9 Å². The van der Waals surface area contributed by atoms with Crippen LogP contribution in [-0.4, -0.2) is 24.0 Å². The maximum atomic E-state index is 5.26. The van der Waals surface area contributed by atoms with Crippen molar-refractivity contribution in [2.45, 2.75) is 39.5 Å². The molecule has 0 bridgehead atoms. The summed E-state index contributed by atoms with van der Waals surface area (Å²) in [7, 11) is 1.69. The molecule has 5 heteroatoms. The molecule has 1 unspecified atom stereocenters. The van der Waals surface area contributed by atoms with Gasteiger partial charge in [0.05, 0.1) is 12.8 Å². The molecular weight excluding hydrogens is 318 g/mol. The second-order valence-electron chi connectivity index (χ2n) is 6.29. The summed E-state index contributed by atoms with van der Waals surface area (Å²) in [4.78, 5) is 5.59. The van der Waals surface area contributed by atoms with Crippen LogP contribution in [0.25, 0.3) is 11.3 Å². The van der Waals surface area contributed by atoms with Crippen molar-refractivity contribution in [2.24, 2.45) is 16.0 Å². The molecule has 24 heavy (non-hydrogen) atoms. The van der Waals surface area contributed by atoms with Gasteiger partial charge in [0.2, 0.25) is 4.80 Å². The summed E-state index contributed by atoms with van der Waals surface area (Å²) in [5.41, 5.74) is 3.53. The summed E-state index contributed by atoms with van der Waals surface area (Å²) in [6.07, 6.45) is 4.74. The quantitative estimate of drug-likeness (QED) is 0.802. The van der Waals surface area contributed by atoms with E-state index >= 15 is 0 Å². The second-order valence-corrected chi connectivity index (χ2v) is 7.12. The molecule has 3 rings (SSSR count). The number of benzene rings is 1. The van der Waals surface area contributed by atoms with Crippen LogP contribution < -0.4 is 9.54 Å². The highest BCUT2D eigenvalue weighted by Gasteiger charge is 2.16. The van der Waals surface area contributed by atoms with Crippen LogP contribution in [0, 0.1) is 5.92 Å². The number of thiazole rings is 1. The molecule has 1 atom stereocenters. The lowest BCUT2D eigenvalue weighted by molar-refractivity contribution is 0.415. The van der Waals surface area contributed by atoms with Gasteiger partial charge in [0, 0.05) is 23.2 Å². The standard InChI is InChI=1S/C19H25N3OS/c1-4-20-19-22(21-16-7-5-6-14(2)12-16)18(13-24-19)15-8-10-17(23-3)11-9-15/h8-11,13-14H,4-7,12H2,1-3H3. The molecule has 0 radical (unpaired) electrons. The SMILES string of the molecule is CCN=c1scc(-c2ccc(OC)cc2)n1N=C1CCCC(C)C1. The lowest BCUT2D eigenvalue weighted by Crippen LogP contribution is -2.18.